The lowest BCUT2D eigenvalue weighted by molar-refractivity contribution is -0.0336. The van der Waals surface area contributed by atoms with Crippen LogP contribution in [0.15, 0.2) is 47.5 Å². The van der Waals surface area contributed by atoms with Crippen molar-refractivity contribution in [2.24, 2.45) is 10.7 Å². The molecule has 2 unspecified atom stereocenters. The fourth-order valence-corrected chi connectivity index (χ4v) is 3.71. The van der Waals surface area contributed by atoms with E-state index in [0.717, 1.165) is 5.69 Å². The quantitative estimate of drug-likeness (QED) is 0.320. The molecule has 3 N–H and O–H groups in total. The summed E-state index contributed by atoms with van der Waals surface area (Å²) < 4.78 is 25.5. The number of rotatable bonds is 6. The van der Waals surface area contributed by atoms with Crippen molar-refractivity contribution in [2.75, 3.05) is 38.7 Å². The monoisotopic (exact) mass is 548 g/mol. The van der Waals surface area contributed by atoms with Crippen LogP contribution in [-0.2, 0) is 4.74 Å². The lowest BCUT2D eigenvalue weighted by Crippen LogP contribution is -2.44. The number of nitrogens with zero attached hydrogens (tertiary/aromatic N) is 2. The number of halogens is 3. The molecule has 30 heavy (non-hydrogen) atoms. The van der Waals surface area contributed by atoms with Crippen LogP contribution >= 0.6 is 35.6 Å². The number of aliphatic imine (C=N–C) groups is 1. The minimum atomic E-state index is -0.351. The lowest BCUT2D eigenvalue weighted by Gasteiger charge is -2.37. The Hall–Kier alpha value is -1.62. The van der Waals surface area contributed by atoms with E-state index in [4.69, 9.17) is 26.8 Å². The van der Waals surface area contributed by atoms with E-state index >= 15 is 0 Å². The van der Waals surface area contributed by atoms with Gasteiger partial charge in [-0.1, -0.05) is 23.7 Å². The zero-order valence-electron chi connectivity index (χ0n) is 17.0. The third-order valence-corrected chi connectivity index (χ3v) is 5.15. The summed E-state index contributed by atoms with van der Waals surface area (Å²) in [7, 11) is 1.60. The molecule has 0 amide bonds. The van der Waals surface area contributed by atoms with Crippen LogP contribution in [0.25, 0.3) is 0 Å². The zero-order valence-corrected chi connectivity index (χ0v) is 20.1. The number of nitrogens with two attached hydrogens (primary N) is 1. The van der Waals surface area contributed by atoms with Crippen LogP contribution in [0.2, 0.25) is 5.02 Å². The predicted octanol–water partition coefficient (Wildman–Crippen LogP) is 4.29. The second-order valence-electron chi connectivity index (χ2n) is 6.91. The highest BCUT2D eigenvalue weighted by Crippen LogP contribution is 2.31. The van der Waals surface area contributed by atoms with Crippen LogP contribution in [0, 0.1) is 5.82 Å². The fraction of sp³-hybridized carbons (Fsp3) is 0.381. The molecule has 1 saturated heterocycles. The smallest absolute Gasteiger partial charge is 0.193 e. The van der Waals surface area contributed by atoms with Crippen LogP contribution in [0.3, 0.4) is 0 Å². The van der Waals surface area contributed by atoms with Crippen molar-refractivity contribution in [3.05, 3.63) is 58.9 Å². The molecule has 3 rings (SSSR count). The molecule has 0 radical (unpaired) electrons. The molecule has 1 aliphatic heterocycles. The van der Waals surface area contributed by atoms with Gasteiger partial charge in [0.25, 0.3) is 0 Å². The van der Waals surface area contributed by atoms with E-state index in [9.17, 15) is 4.39 Å². The van der Waals surface area contributed by atoms with Crippen molar-refractivity contribution in [3.8, 4) is 5.75 Å². The third-order valence-electron chi connectivity index (χ3n) is 4.82. The van der Waals surface area contributed by atoms with Gasteiger partial charge in [0.1, 0.15) is 11.6 Å². The number of guanidine groups is 1. The Labute approximate surface area is 198 Å². The topological polar surface area (TPSA) is 72.1 Å². The second kappa shape index (κ2) is 11.7. The third kappa shape index (κ3) is 6.44. The molecule has 1 heterocycles. The SMILES string of the molecule is COc1cccc(NC(N)=NCC(c2c(F)cccc2Cl)N2CCOC(C)C2)c1.I. The van der Waals surface area contributed by atoms with Gasteiger partial charge in [-0.2, -0.15) is 0 Å². The number of morpholine rings is 1. The first-order chi connectivity index (χ1) is 14.0. The molecule has 2 aromatic rings. The highest BCUT2D eigenvalue weighted by atomic mass is 127. The standard InChI is InChI=1S/C21H26ClFN4O2.HI/c1-14-13-27(9-10-29-14)19(20-17(22)7-4-8-18(20)23)12-25-21(24)26-15-5-3-6-16(11-15)28-2;/h3-8,11,14,19H,9-10,12-13H2,1-2H3,(H3,24,25,26);1H. The first-order valence-electron chi connectivity index (χ1n) is 9.48. The van der Waals surface area contributed by atoms with Crippen molar-refractivity contribution >= 4 is 47.2 Å². The summed E-state index contributed by atoms with van der Waals surface area (Å²) in [5, 5.41) is 3.42. The van der Waals surface area contributed by atoms with E-state index < -0.39 is 0 Å². The van der Waals surface area contributed by atoms with Gasteiger partial charge in [0.05, 0.1) is 32.4 Å². The molecule has 0 saturated carbocycles. The van der Waals surface area contributed by atoms with E-state index in [1.54, 1.807) is 19.2 Å². The number of nitrogens with one attached hydrogen (secondary N) is 1. The molecular weight excluding hydrogens is 522 g/mol. The second-order valence-corrected chi connectivity index (χ2v) is 7.32. The minimum absolute atomic E-state index is 0. The maximum Gasteiger partial charge on any atom is 0.193 e. The Morgan fingerprint density at radius 3 is 2.87 bits per heavy atom. The fourth-order valence-electron chi connectivity index (χ4n) is 3.42. The molecule has 2 atom stereocenters. The largest absolute Gasteiger partial charge is 0.497 e. The number of benzene rings is 2. The first-order valence-corrected chi connectivity index (χ1v) is 9.86. The van der Waals surface area contributed by atoms with Gasteiger partial charge in [-0.05, 0) is 31.2 Å². The van der Waals surface area contributed by atoms with Gasteiger partial charge < -0.3 is 20.5 Å². The van der Waals surface area contributed by atoms with E-state index in [1.165, 1.54) is 6.07 Å². The Bertz CT molecular complexity index is 850. The van der Waals surface area contributed by atoms with Crippen LogP contribution in [-0.4, -0.2) is 50.3 Å². The molecule has 0 bridgehead atoms. The summed E-state index contributed by atoms with van der Waals surface area (Å²) in [5.74, 6) is 0.592. The van der Waals surface area contributed by atoms with Gasteiger partial charge in [-0.15, -0.1) is 24.0 Å². The van der Waals surface area contributed by atoms with E-state index in [-0.39, 0.29) is 54.4 Å². The predicted molar refractivity (Wildman–Crippen MR) is 130 cm³/mol. The van der Waals surface area contributed by atoms with Gasteiger partial charge in [-0.3, -0.25) is 9.89 Å². The van der Waals surface area contributed by atoms with E-state index in [0.29, 0.717) is 36.0 Å². The van der Waals surface area contributed by atoms with Gasteiger partial charge in [0, 0.05) is 35.4 Å². The summed E-state index contributed by atoms with van der Waals surface area (Å²) in [6.45, 7) is 4.15. The van der Waals surface area contributed by atoms with Crippen molar-refractivity contribution in [1.82, 2.24) is 4.90 Å². The molecular formula is C21H27ClFIN4O2. The molecule has 0 aromatic heterocycles. The Morgan fingerprint density at radius 1 is 1.40 bits per heavy atom. The summed E-state index contributed by atoms with van der Waals surface area (Å²) in [6.07, 6.45) is 0.0491. The van der Waals surface area contributed by atoms with Gasteiger partial charge >= 0.3 is 0 Å². The lowest BCUT2D eigenvalue weighted by atomic mass is 10.0. The van der Waals surface area contributed by atoms with Gasteiger partial charge in [-0.25, -0.2) is 4.39 Å². The summed E-state index contributed by atoms with van der Waals surface area (Å²) in [4.78, 5) is 6.61. The number of anilines is 1. The summed E-state index contributed by atoms with van der Waals surface area (Å²) in [5.41, 5.74) is 7.27. The molecule has 1 fully saturated rings. The number of hydrogen-bond acceptors (Lipinski definition) is 4. The zero-order chi connectivity index (χ0) is 20.8. The van der Waals surface area contributed by atoms with Crippen LogP contribution in [0.1, 0.15) is 18.5 Å². The molecule has 0 aliphatic carbocycles. The van der Waals surface area contributed by atoms with Crippen molar-refractivity contribution in [1.29, 1.82) is 0 Å². The molecule has 6 nitrogen and oxygen atoms in total. The first kappa shape index (κ1) is 24.6. The summed E-state index contributed by atoms with van der Waals surface area (Å²) in [6, 6.07) is 11.7. The average molecular weight is 549 g/mol. The maximum absolute atomic E-state index is 14.7. The highest BCUT2D eigenvalue weighted by molar-refractivity contribution is 14.0. The van der Waals surface area contributed by atoms with Gasteiger partial charge in [0.2, 0.25) is 0 Å². The Morgan fingerprint density at radius 2 is 2.17 bits per heavy atom. The Kier molecular flexibility index (Phi) is 9.60. The number of methoxy groups -OCH3 is 1. The van der Waals surface area contributed by atoms with Crippen LogP contribution < -0.4 is 15.8 Å². The van der Waals surface area contributed by atoms with Crippen LogP contribution in [0.4, 0.5) is 10.1 Å². The van der Waals surface area contributed by atoms with E-state index in [2.05, 4.69) is 15.2 Å². The highest BCUT2D eigenvalue weighted by Gasteiger charge is 2.29. The molecule has 0 spiro atoms. The number of hydrogen-bond donors (Lipinski definition) is 2. The Balaban J connectivity index is 0.00000320. The molecule has 2 aromatic carbocycles. The van der Waals surface area contributed by atoms with Crippen LogP contribution in [0.5, 0.6) is 5.75 Å². The molecule has 1 aliphatic rings. The van der Waals surface area contributed by atoms with Crippen molar-refractivity contribution in [3.63, 3.8) is 0 Å². The van der Waals surface area contributed by atoms with E-state index in [1.807, 2.05) is 31.2 Å². The minimum Gasteiger partial charge on any atom is -0.497 e. The van der Waals surface area contributed by atoms with Gasteiger partial charge in [0.15, 0.2) is 5.96 Å². The molecule has 9 heteroatoms. The van der Waals surface area contributed by atoms with Crippen molar-refractivity contribution in [2.45, 2.75) is 19.1 Å². The molecule has 164 valence electrons. The normalized spacial score (nSPS) is 18.4. The average Bonchev–Trinajstić information content (AvgIpc) is 2.70. The maximum atomic E-state index is 14.7. The van der Waals surface area contributed by atoms with Crippen molar-refractivity contribution < 1.29 is 13.9 Å². The number of ether oxygens (including phenoxy) is 2. The summed E-state index contributed by atoms with van der Waals surface area (Å²) >= 11 is 6.35.